The Labute approximate surface area is 157 Å². The van der Waals surface area contributed by atoms with Crippen molar-refractivity contribution < 1.29 is 17.6 Å². The van der Waals surface area contributed by atoms with Gasteiger partial charge in [0.2, 0.25) is 15.9 Å². The molecule has 1 aliphatic heterocycles. The van der Waals surface area contributed by atoms with E-state index in [1.54, 1.807) is 31.5 Å². The number of nitrogens with one attached hydrogen (secondary N) is 1. The minimum atomic E-state index is -3.77. The normalized spacial score (nSPS) is 24.9. The van der Waals surface area contributed by atoms with Crippen LogP contribution in [0.3, 0.4) is 0 Å². The van der Waals surface area contributed by atoms with Gasteiger partial charge in [0.05, 0.1) is 16.8 Å². The summed E-state index contributed by atoms with van der Waals surface area (Å²) in [5.74, 6) is -0.860. The Morgan fingerprint density at radius 1 is 1.37 bits per heavy atom. The SMILES string of the molecule is Cc1ccc(S(=O)(=O)N2CC[C@]3(C[C@@H]3C(=O)Nc3cccnc3)C2)cc1F. The molecule has 1 aromatic heterocycles. The molecule has 27 heavy (non-hydrogen) atoms. The third kappa shape index (κ3) is 3.23. The van der Waals surface area contributed by atoms with Crippen molar-refractivity contribution in [3.8, 4) is 0 Å². The summed E-state index contributed by atoms with van der Waals surface area (Å²) < 4.78 is 40.8. The molecule has 2 heterocycles. The summed E-state index contributed by atoms with van der Waals surface area (Å²) in [5, 5.41) is 2.83. The number of carbonyl (C=O) groups is 1. The van der Waals surface area contributed by atoms with E-state index in [9.17, 15) is 17.6 Å². The highest BCUT2D eigenvalue weighted by atomic mass is 32.2. The fourth-order valence-corrected chi connectivity index (χ4v) is 5.33. The molecule has 1 saturated heterocycles. The number of amides is 1. The Kier molecular flexibility index (Phi) is 4.27. The number of anilines is 1. The highest BCUT2D eigenvalue weighted by Crippen LogP contribution is 2.59. The van der Waals surface area contributed by atoms with Crippen LogP contribution in [0.4, 0.5) is 10.1 Å². The molecule has 0 bridgehead atoms. The Balaban J connectivity index is 1.46. The van der Waals surface area contributed by atoms with Crippen LogP contribution < -0.4 is 5.32 Å². The zero-order chi connectivity index (χ0) is 19.2. The van der Waals surface area contributed by atoms with Crippen molar-refractivity contribution in [1.29, 1.82) is 0 Å². The van der Waals surface area contributed by atoms with Crippen molar-refractivity contribution >= 4 is 21.6 Å². The molecule has 2 fully saturated rings. The molecule has 4 rings (SSSR count). The van der Waals surface area contributed by atoms with Crippen LogP contribution in [0.5, 0.6) is 0 Å². The van der Waals surface area contributed by atoms with Crippen LogP contribution >= 0.6 is 0 Å². The Morgan fingerprint density at radius 2 is 2.19 bits per heavy atom. The highest BCUT2D eigenvalue weighted by molar-refractivity contribution is 7.89. The van der Waals surface area contributed by atoms with Crippen LogP contribution in [-0.4, -0.2) is 36.7 Å². The lowest BCUT2D eigenvalue weighted by Crippen LogP contribution is -2.30. The van der Waals surface area contributed by atoms with Gasteiger partial charge in [0, 0.05) is 25.2 Å². The maximum Gasteiger partial charge on any atom is 0.243 e. The Morgan fingerprint density at radius 3 is 2.89 bits per heavy atom. The first-order valence-corrected chi connectivity index (χ1v) is 10.2. The second-order valence-corrected chi connectivity index (χ2v) is 9.29. The smallest absolute Gasteiger partial charge is 0.243 e. The van der Waals surface area contributed by atoms with Crippen molar-refractivity contribution in [2.45, 2.75) is 24.7 Å². The van der Waals surface area contributed by atoms with Gasteiger partial charge in [-0.25, -0.2) is 12.8 Å². The van der Waals surface area contributed by atoms with Gasteiger partial charge in [-0.15, -0.1) is 0 Å². The van der Waals surface area contributed by atoms with E-state index in [-0.39, 0.29) is 28.7 Å². The van der Waals surface area contributed by atoms with E-state index in [1.165, 1.54) is 16.4 Å². The third-order valence-corrected chi connectivity index (χ3v) is 7.41. The number of carbonyl (C=O) groups excluding carboxylic acids is 1. The Bertz CT molecular complexity index is 997. The summed E-state index contributed by atoms with van der Waals surface area (Å²) >= 11 is 0. The monoisotopic (exact) mass is 389 g/mol. The molecule has 8 heteroatoms. The van der Waals surface area contributed by atoms with E-state index in [0.717, 1.165) is 6.07 Å². The molecule has 0 unspecified atom stereocenters. The van der Waals surface area contributed by atoms with Crippen LogP contribution in [0.1, 0.15) is 18.4 Å². The lowest BCUT2D eigenvalue weighted by Gasteiger charge is -2.17. The number of pyridine rings is 1. The number of hydrogen-bond donors (Lipinski definition) is 1. The molecule has 6 nitrogen and oxygen atoms in total. The first-order valence-electron chi connectivity index (χ1n) is 8.79. The number of nitrogens with zero attached hydrogens (tertiary/aromatic N) is 2. The van der Waals surface area contributed by atoms with E-state index < -0.39 is 15.8 Å². The Hall–Kier alpha value is -2.32. The third-order valence-electron chi connectivity index (χ3n) is 5.57. The fraction of sp³-hybridized carbons (Fsp3) is 0.368. The van der Waals surface area contributed by atoms with Crippen molar-refractivity contribution in [3.63, 3.8) is 0 Å². The minimum Gasteiger partial charge on any atom is -0.324 e. The van der Waals surface area contributed by atoms with E-state index >= 15 is 0 Å². The summed E-state index contributed by atoms with van der Waals surface area (Å²) in [6.45, 7) is 2.22. The molecule has 0 radical (unpaired) electrons. The van der Waals surface area contributed by atoms with E-state index in [2.05, 4.69) is 10.3 Å². The van der Waals surface area contributed by atoms with Crippen LogP contribution in [0.2, 0.25) is 0 Å². The zero-order valence-corrected chi connectivity index (χ0v) is 15.7. The van der Waals surface area contributed by atoms with Crippen molar-refractivity contribution in [3.05, 3.63) is 54.1 Å². The molecule has 1 amide bonds. The van der Waals surface area contributed by atoms with Crippen LogP contribution in [0, 0.1) is 24.1 Å². The fourth-order valence-electron chi connectivity index (χ4n) is 3.78. The topological polar surface area (TPSA) is 79.4 Å². The van der Waals surface area contributed by atoms with Gasteiger partial charge in [-0.1, -0.05) is 6.07 Å². The van der Waals surface area contributed by atoms with Crippen LogP contribution in [-0.2, 0) is 14.8 Å². The van der Waals surface area contributed by atoms with E-state index in [1.807, 2.05) is 0 Å². The molecule has 2 aromatic rings. The van der Waals surface area contributed by atoms with E-state index in [4.69, 9.17) is 0 Å². The molecule has 2 atom stereocenters. The highest BCUT2D eigenvalue weighted by Gasteiger charge is 2.62. The van der Waals surface area contributed by atoms with E-state index in [0.29, 0.717) is 30.6 Å². The molecule has 1 aliphatic carbocycles. The summed E-state index contributed by atoms with van der Waals surface area (Å²) in [4.78, 5) is 16.4. The van der Waals surface area contributed by atoms with Crippen LogP contribution in [0.15, 0.2) is 47.6 Å². The first kappa shape index (κ1) is 18.1. The van der Waals surface area contributed by atoms with Crippen molar-refractivity contribution in [2.24, 2.45) is 11.3 Å². The lowest BCUT2D eigenvalue weighted by molar-refractivity contribution is -0.118. The maximum atomic E-state index is 13.8. The first-order chi connectivity index (χ1) is 12.8. The largest absolute Gasteiger partial charge is 0.324 e. The maximum absolute atomic E-state index is 13.8. The van der Waals surface area contributed by atoms with Gasteiger partial charge >= 0.3 is 0 Å². The van der Waals surface area contributed by atoms with Gasteiger partial charge < -0.3 is 5.32 Å². The summed E-state index contributed by atoms with van der Waals surface area (Å²) in [6, 6.07) is 7.46. The van der Waals surface area contributed by atoms with Crippen LogP contribution in [0.25, 0.3) is 0 Å². The summed E-state index contributed by atoms with van der Waals surface area (Å²) in [5.41, 5.74) is 0.714. The zero-order valence-electron chi connectivity index (χ0n) is 14.9. The molecule has 1 aromatic carbocycles. The lowest BCUT2D eigenvalue weighted by atomic mass is 10.0. The summed E-state index contributed by atoms with van der Waals surface area (Å²) in [7, 11) is -3.77. The molecular formula is C19H20FN3O3S. The molecule has 2 aliphatic rings. The average molecular weight is 389 g/mol. The molecule has 142 valence electrons. The number of halogens is 1. The number of aryl methyl sites for hydroxylation is 1. The minimum absolute atomic E-state index is 0.0420. The number of aromatic nitrogens is 1. The number of hydrogen-bond acceptors (Lipinski definition) is 4. The predicted molar refractivity (Wildman–Crippen MR) is 97.9 cm³/mol. The number of rotatable bonds is 4. The van der Waals surface area contributed by atoms with Crippen molar-refractivity contribution in [1.82, 2.24) is 9.29 Å². The van der Waals surface area contributed by atoms with Gasteiger partial charge in [-0.05, 0) is 55.0 Å². The second kappa shape index (κ2) is 6.38. The second-order valence-electron chi connectivity index (χ2n) is 7.35. The molecular weight excluding hydrogens is 369 g/mol. The van der Waals surface area contributed by atoms with Gasteiger partial charge in [0.25, 0.3) is 0 Å². The standard InChI is InChI=1S/C19H20FN3O3S/c1-13-4-5-15(9-17(13)20)27(25,26)23-8-6-19(12-23)10-16(19)18(24)22-14-3-2-7-21-11-14/h2-5,7,9,11,16H,6,8,10,12H2,1H3,(H,22,24)/t16-,19+/m1/s1. The molecule has 1 saturated carbocycles. The number of sulfonamides is 1. The molecule has 1 spiro atoms. The average Bonchev–Trinajstić information content (AvgIpc) is 3.17. The summed E-state index contributed by atoms with van der Waals surface area (Å²) in [6.07, 6.45) is 4.49. The van der Waals surface area contributed by atoms with Gasteiger partial charge in [0.1, 0.15) is 5.82 Å². The van der Waals surface area contributed by atoms with Gasteiger partial charge in [-0.2, -0.15) is 4.31 Å². The number of benzene rings is 1. The van der Waals surface area contributed by atoms with Gasteiger partial charge in [-0.3, -0.25) is 9.78 Å². The molecule has 1 N–H and O–H groups in total. The van der Waals surface area contributed by atoms with Gasteiger partial charge in [0.15, 0.2) is 0 Å². The quantitative estimate of drug-likeness (QED) is 0.872. The van der Waals surface area contributed by atoms with Crippen molar-refractivity contribution in [2.75, 3.05) is 18.4 Å². The predicted octanol–water partition coefficient (Wildman–Crippen LogP) is 2.57.